The van der Waals surface area contributed by atoms with Gasteiger partial charge in [-0.1, -0.05) is 24.3 Å². The molecular formula is C26H21N5O2S. The van der Waals surface area contributed by atoms with E-state index in [2.05, 4.69) is 25.6 Å². The molecule has 8 heteroatoms. The molecule has 0 radical (unpaired) electrons. The first kappa shape index (κ1) is 21.5. The third kappa shape index (κ3) is 4.57. The highest BCUT2D eigenvalue weighted by Gasteiger charge is 2.12. The van der Waals surface area contributed by atoms with Gasteiger partial charge in [-0.25, -0.2) is 9.97 Å². The number of aryl methyl sites for hydroxylation is 1. The van der Waals surface area contributed by atoms with Crippen molar-refractivity contribution in [2.75, 3.05) is 17.7 Å². The van der Waals surface area contributed by atoms with E-state index in [-0.39, 0.29) is 5.91 Å². The molecule has 0 saturated carbocycles. The van der Waals surface area contributed by atoms with Crippen LogP contribution in [-0.2, 0) is 0 Å². The van der Waals surface area contributed by atoms with Crippen LogP contribution in [-0.4, -0.2) is 28.0 Å². The maximum Gasteiger partial charge on any atom is 0.265 e. The predicted molar refractivity (Wildman–Crippen MR) is 136 cm³/mol. The quantitative estimate of drug-likeness (QED) is 0.315. The van der Waals surface area contributed by atoms with Crippen LogP contribution in [0.25, 0.3) is 21.3 Å². The molecule has 0 aliphatic rings. The number of ether oxygens (including phenoxy) is 1. The van der Waals surface area contributed by atoms with Gasteiger partial charge in [0.05, 0.1) is 23.9 Å². The van der Waals surface area contributed by atoms with Gasteiger partial charge in [0.25, 0.3) is 5.91 Å². The molecule has 168 valence electrons. The lowest BCUT2D eigenvalue weighted by Crippen LogP contribution is -2.10. The molecule has 0 spiro atoms. The van der Waals surface area contributed by atoms with Crippen molar-refractivity contribution in [1.82, 2.24) is 15.0 Å². The maximum absolute atomic E-state index is 12.8. The van der Waals surface area contributed by atoms with E-state index in [1.807, 2.05) is 67.6 Å². The van der Waals surface area contributed by atoms with Crippen LogP contribution < -0.4 is 15.4 Å². The van der Waals surface area contributed by atoms with E-state index in [1.165, 1.54) is 11.3 Å². The Morgan fingerprint density at radius 1 is 1.03 bits per heavy atom. The number of rotatable bonds is 6. The largest absolute Gasteiger partial charge is 0.495 e. The van der Waals surface area contributed by atoms with Crippen molar-refractivity contribution in [3.8, 4) is 17.0 Å². The summed E-state index contributed by atoms with van der Waals surface area (Å²) in [4.78, 5) is 26.6. The standard InChI is InChI=1S/C26H21N5O2S/c1-16-7-8-19(29-25(32)24-12-17-5-3-4-6-23(17)34-24)13-22(16)31-26-28-10-9-21(30-26)18-11-20(33-2)15-27-14-18/h3-15H,1-2H3,(H,29,32)(H,28,30,31). The minimum absolute atomic E-state index is 0.139. The summed E-state index contributed by atoms with van der Waals surface area (Å²) >= 11 is 1.47. The lowest BCUT2D eigenvalue weighted by Gasteiger charge is -2.12. The molecule has 2 aromatic carbocycles. The number of hydrogen-bond acceptors (Lipinski definition) is 7. The highest BCUT2D eigenvalue weighted by Crippen LogP contribution is 2.28. The van der Waals surface area contributed by atoms with Crippen molar-refractivity contribution in [3.05, 3.63) is 89.7 Å². The average molecular weight is 468 g/mol. The average Bonchev–Trinajstić information content (AvgIpc) is 3.31. The Balaban J connectivity index is 1.36. The third-order valence-corrected chi connectivity index (χ3v) is 6.41. The van der Waals surface area contributed by atoms with Gasteiger partial charge in [-0.05, 0) is 54.3 Å². The van der Waals surface area contributed by atoms with Crippen LogP contribution in [0, 0.1) is 6.92 Å². The van der Waals surface area contributed by atoms with Gasteiger partial charge in [0.1, 0.15) is 5.75 Å². The number of aromatic nitrogens is 3. The van der Waals surface area contributed by atoms with Crippen LogP contribution in [0.15, 0.2) is 79.3 Å². The van der Waals surface area contributed by atoms with E-state index >= 15 is 0 Å². The van der Waals surface area contributed by atoms with E-state index in [0.717, 1.165) is 32.6 Å². The van der Waals surface area contributed by atoms with Crippen LogP contribution >= 0.6 is 11.3 Å². The van der Waals surface area contributed by atoms with Gasteiger partial charge in [-0.15, -0.1) is 11.3 Å². The highest BCUT2D eigenvalue weighted by atomic mass is 32.1. The number of amides is 1. The number of hydrogen-bond donors (Lipinski definition) is 2. The Morgan fingerprint density at radius 2 is 1.91 bits per heavy atom. The van der Waals surface area contributed by atoms with E-state index in [1.54, 1.807) is 25.7 Å². The minimum Gasteiger partial charge on any atom is -0.495 e. The molecule has 5 aromatic rings. The molecule has 0 unspecified atom stereocenters. The summed E-state index contributed by atoms with van der Waals surface area (Å²) < 4.78 is 6.34. The zero-order valence-electron chi connectivity index (χ0n) is 18.6. The second-order valence-corrected chi connectivity index (χ2v) is 8.72. The van der Waals surface area contributed by atoms with Gasteiger partial charge in [0, 0.05) is 34.0 Å². The number of carbonyl (C=O) groups excluding carboxylic acids is 1. The smallest absolute Gasteiger partial charge is 0.265 e. The van der Waals surface area contributed by atoms with Crippen LogP contribution in [0.3, 0.4) is 0 Å². The maximum atomic E-state index is 12.8. The van der Waals surface area contributed by atoms with Gasteiger partial charge in [0.15, 0.2) is 0 Å². The Morgan fingerprint density at radius 3 is 2.76 bits per heavy atom. The van der Waals surface area contributed by atoms with E-state index in [0.29, 0.717) is 22.3 Å². The van der Waals surface area contributed by atoms with Crippen molar-refractivity contribution in [2.45, 2.75) is 6.92 Å². The summed E-state index contributed by atoms with van der Waals surface area (Å²) in [5.74, 6) is 0.958. The number of benzene rings is 2. The fraction of sp³-hybridized carbons (Fsp3) is 0.0769. The van der Waals surface area contributed by atoms with E-state index in [9.17, 15) is 4.79 Å². The van der Waals surface area contributed by atoms with Crippen LogP contribution in [0.4, 0.5) is 17.3 Å². The topological polar surface area (TPSA) is 89.0 Å². The Bertz CT molecular complexity index is 1460. The van der Waals surface area contributed by atoms with Gasteiger partial charge in [0.2, 0.25) is 5.95 Å². The SMILES string of the molecule is COc1cncc(-c2ccnc(Nc3cc(NC(=O)c4cc5ccccc5s4)ccc3C)n2)c1. The first-order valence-corrected chi connectivity index (χ1v) is 11.4. The molecule has 0 saturated heterocycles. The predicted octanol–water partition coefficient (Wildman–Crippen LogP) is 6.07. The minimum atomic E-state index is -0.139. The van der Waals surface area contributed by atoms with Crippen molar-refractivity contribution < 1.29 is 9.53 Å². The fourth-order valence-electron chi connectivity index (χ4n) is 3.49. The van der Waals surface area contributed by atoms with Gasteiger partial charge in [-0.3, -0.25) is 9.78 Å². The van der Waals surface area contributed by atoms with Crippen molar-refractivity contribution in [3.63, 3.8) is 0 Å². The van der Waals surface area contributed by atoms with Gasteiger partial charge < -0.3 is 15.4 Å². The number of fused-ring (bicyclic) bond motifs is 1. The summed E-state index contributed by atoms with van der Waals surface area (Å²) in [6.45, 7) is 1.98. The number of thiophene rings is 1. The molecule has 0 aliphatic carbocycles. The Labute approximate surface area is 200 Å². The molecular weight excluding hydrogens is 446 g/mol. The Hall–Kier alpha value is -4.30. The summed E-state index contributed by atoms with van der Waals surface area (Å²) in [5, 5.41) is 7.32. The first-order valence-electron chi connectivity index (χ1n) is 10.6. The number of pyridine rings is 1. The molecule has 0 aliphatic heterocycles. The molecule has 0 fully saturated rings. The second kappa shape index (κ2) is 9.29. The fourth-order valence-corrected chi connectivity index (χ4v) is 4.45. The van der Waals surface area contributed by atoms with Crippen LogP contribution in [0.1, 0.15) is 15.2 Å². The van der Waals surface area contributed by atoms with Crippen molar-refractivity contribution in [2.24, 2.45) is 0 Å². The van der Waals surface area contributed by atoms with Gasteiger partial charge >= 0.3 is 0 Å². The number of carbonyl (C=O) groups is 1. The van der Waals surface area contributed by atoms with Crippen molar-refractivity contribution >= 4 is 44.7 Å². The molecule has 1 amide bonds. The summed E-state index contributed by atoms with van der Waals surface area (Å²) in [6.07, 6.45) is 5.06. The van der Waals surface area contributed by atoms with E-state index in [4.69, 9.17) is 4.74 Å². The first-order chi connectivity index (χ1) is 16.6. The van der Waals surface area contributed by atoms with E-state index < -0.39 is 0 Å². The number of anilines is 3. The Kier molecular flexibility index (Phi) is 5.88. The summed E-state index contributed by atoms with van der Waals surface area (Å²) in [5.41, 5.74) is 4.03. The summed E-state index contributed by atoms with van der Waals surface area (Å²) in [7, 11) is 1.60. The molecule has 7 nitrogen and oxygen atoms in total. The number of nitrogens with one attached hydrogen (secondary N) is 2. The summed E-state index contributed by atoms with van der Waals surface area (Å²) in [6, 6.07) is 19.3. The zero-order chi connectivity index (χ0) is 23.5. The molecule has 3 aromatic heterocycles. The second-order valence-electron chi connectivity index (χ2n) is 7.64. The van der Waals surface area contributed by atoms with Crippen LogP contribution in [0.2, 0.25) is 0 Å². The molecule has 3 heterocycles. The molecule has 34 heavy (non-hydrogen) atoms. The molecule has 0 bridgehead atoms. The lowest BCUT2D eigenvalue weighted by atomic mass is 10.1. The lowest BCUT2D eigenvalue weighted by molar-refractivity contribution is 0.103. The zero-order valence-corrected chi connectivity index (χ0v) is 19.4. The number of methoxy groups -OCH3 is 1. The van der Waals surface area contributed by atoms with Crippen LogP contribution in [0.5, 0.6) is 5.75 Å². The molecule has 5 rings (SSSR count). The van der Waals surface area contributed by atoms with Gasteiger partial charge in [-0.2, -0.15) is 0 Å². The van der Waals surface area contributed by atoms with Crippen molar-refractivity contribution in [1.29, 1.82) is 0 Å². The number of nitrogens with zero attached hydrogens (tertiary/aromatic N) is 3. The third-order valence-electron chi connectivity index (χ3n) is 5.29. The molecule has 2 N–H and O–H groups in total. The highest BCUT2D eigenvalue weighted by molar-refractivity contribution is 7.20. The normalized spacial score (nSPS) is 10.8. The molecule has 0 atom stereocenters. The monoisotopic (exact) mass is 467 g/mol.